The van der Waals surface area contributed by atoms with Crippen LogP contribution in [0.2, 0.25) is 0 Å². The van der Waals surface area contributed by atoms with Crippen LogP contribution in [0.4, 0.5) is 5.82 Å². The SMILES string of the molecule is CNc1cc(C(=O)NC(C)CCCC(C)C)cc(C)n1. The molecule has 1 unspecified atom stereocenters. The Morgan fingerprint density at radius 3 is 2.55 bits per heavy atom. The number of nitrogens with one attached hydrogen (secondary N) is 2. The van der Waals surface area contributed by atoms with E-state index in [2.05, 4.69) is 36.4 Å². The van der Waals surface area contributed by atoms with Crippen molar-refractivity contribution in [2.24, 2.45) is 5.92 Å². The van der Waals surface area contributed by atoms with Gasteiger partial charge in [-0.1, -0.05) is 26.7 Å². The zero-order chi connectivity index (χ0) is 15.1. The number of carbonyl (C=O) groups excluding carboxylic acids is 1. The number of hydrogen-bond donors (Lipinski definition) is 2. The van der Waals surface area contributed by atoms with Gasteiger partial charge < -0.3 is 10.6 Å². The second-order valence-corrected chi connectivity index (χ2v) is 5.83. The largest absolute Gasteiger partial charge is 0.373 e. The molecule has 4 heteroatoms. The van der Waals surface area contributed by atoms with Gasteiger partial charge in [-0.05, 0) is 38.3 Å². The van der Waals surface area contributed by atoms with E-state index in [1.54, 1.807) is 13.1 Å². The minimum absolute atomic E-state index is 0.0240. The summed E-state index contributed by atoms with van der Waals surface area (Å²) in [6.07, 6.45) is 3.38. The first-order valence-corrected chi connectivity index (χ1v) is 7.39. The highest BCUT2D eigenvalue weighted by Crippen LogP contribution is 2.11. The van der Waals surface area contributed by atoms with Crippen LogP contribution in [0.25, 0.3) is 0 Å². The van der Waals surface area contributed by atoms with Crippen LogP contribution in [0.1, 0.15) is 56.1 Å². The Morgan fingerprint density at radius 2 is 1.95 bits per heavy atom. The van der Waals surface area contributed by atoms with Crippen LogP contribution in [0.3, 0.4) is 0 Å². The molecule has 0 aliphatic rings. The Labute approximate surface area is 122 Å². The Hall–Kier alpha value is -1.58. The number of anilines is 1. The Balaban J connectivity index is 2.55. The molecule has 1 heterocycles. The standard InChI is InChI=1S/C16H27N3O/c1-11(2)7-6-8-12(3)19-16(20)14-9-13(4)18-15(10-14)17-5/h9-12H,6-8H2,1-5H3,(H,17,18)(H,19,20). The smallest absolute Gasteiger partial charge is 0.251 e. The second kappa shape index (κ2) is 7.88. The average Bonchev–Trinajstić information content (AvgIpc) is 2.37. The molecule has 2 N–H and O–H groups in total. The van der Waals surface area contributed by atoms with Crippen LogP contribution in [0.15, 0.2) is 12.1 Å². The molecule has 0 radical (unpaired) electrons. The maximum atomic E-state index is 12.2. The van der Waals surface area contributed by atoms with E-state index in [9.17, 15) is 4.79 Å². The lowest BCUT2D eigenvalue weighted by Gasteiger charge is -2.15. The van der Waals surface area contributed by atoms with Crippen molar-refractivity contribution in [1.29, 1.82) is 0 Å². The molecule has 0 saturated carbocycles. The number of aryl methyl sites for hydroxylation is 1. The first kappa shape index (κ1) is 16.5. The van der Waals surface area contributed by atoms with Crippen molar-refractivity contribution >= 4 is 11.7 Å². The number of carbonyl (C=O) groups is 1. The van der Waals surface area contributed by atoms with E-state index in [0.29, 0.717) is 5.56 Å². The van der Waals surface area contributed by atoms with Gasteiger partial charge in [-0.2, -0.15) is 0 Å². The topological polar surface area (TPSA) is 54.0 Å². The van der Waals surface area contributed by atoms with Crippen molar-refractivity contribution in [3.63, 3.8) is 0 Å². The molecule has 1 amide bonds. The van der Waals surface area contributed by atoms with Crippen molar-refractivity contribution < 1.29 is 4.79 Å². The first-order valence-electron chi connectivity index (χ1n) is 7.39. The van der Waals surface area contributed by atoms with E-state index >= 15 is 0 Å². The molecule has 112 valence electrons. The highest BCUT2D eigenvalue weighted by atomic mass is 16.1. The van der Waals surface area contributed by atoms with E-state index < -0.39 is 0 Å². The van der Waals surface area contributed by atoms with Gasteiger partial charge in [-0.15, -0.1) is 0 Å². The highest BCUT2D eigenvalue weighted by molar-refractivity contribution is 5.95. The van der Waals surface area contributed by atoms with Crippen LogP contribution in [0.5, 0.6) is 0 Å². The summed E-state index contributed by atoms with van der Waals surface area (Å²) in [4.78, 5) is 16.5. The van der Waals surface area contributed by atoms with Crippen molar-refractivity contribution in [3.05, 3.63) is 23.4 Å². The van der Waals surface area contributed by atoms with Gasteiger partial charge in [0.2, 0.25) is 0 Å². The number of amides is 1. The minimum Gasteiger partial charge on any atom is -0.373 e. The number of hydrogen-bond acceptors (Lipinski definition) is 3. The molecular formula is C16H27N3O. The molecule has 1 aromatic heterocycles. The van der Waals surface area contributed by atoms with Gasteiger partial charge in [-0.3, -0.25) is 4.79 Å². The van der Waals surface area contributed by atoms with E-state index in [0.717, 1.165) is 30.3 Å². The predicted octanol–water partition coefficient (Wildman–Crippen LogP) is 3.38. The number of pyridine rings is 1. The quantitative estimate of drug-likeness (QED) is 0.803. The molecule has 0 fully saturated rings. The monoisotopic (exact) mass is 277 g/mol. The third kappa shape index (κ3) is 5.59. The molecule has 1 aromatic rings. The fourth-order valence-electron chi connectivity index (χ4n) is 2.14. The Bertz CT molecular complexity index is 443. The lowest BCUT2D eigenvalue weighted by molar-refractivity contribution is 0.0937. The van der Waals surface area contributed by atoms with Gasteiger partial charge in [-0.25, -0.2) is 4.98 Å². The Morgan fingerprint density at radius 1 is 1.25 bits per heavy atom. The Kier molecular flexibility index (Phi) is 6.49. The fraction of sp³-hybridized carbons (Fsp3) is 0.625. The van der Waals surface area contributed by atoms with E-state index in [1.807, 2.05) is 13.0 Å². The molecule has 0 aromatic carbocycles. The molecule has 0 bridgehead atoms. The molecule has 0 aliphatic heterocycles. The molecular weight excluding hydrogens is 250 g/mol. The molecule has 1 rings (SSSR count). The van der Waals surface area contributed by atoms with Crippen LogP contribution < -0.4 is 10.6 Å². The number of aromatic nitrogens is 1. The third-order valence-electron chi connectivity index (χ3n) is 3.27. The minimum atomic E-state index is -0.0240. The number of rotatable bonds is 7. The van der Waals surface area contributed by atoms with Crippen LogP contribution in [-0.4, -0.2) is 24.0 Å². The lowest BCUT2D eigenvalue weighted by Crippen LogP contribution is -2.32. The van der Waals surface area contributed by atoms with Crippen LogP contribution in [0, 0.1) is 12.8 Å². The van der Waals surface area contributed by atoms with Gasteiger partial charge in [0.15, 0.2) is 0 Å². The van der Waals surface area contributed by atoms with E-state index in [4.69, 9.17) is 0 Å². The van der Waals surface area contributed by atoms with Gasteiger partial charge in [0.25, 0.3) is 5.91 Å². The molecule has 0 spiro atoms. The van der Waals surface area contributed by atoms with Gasteiger partial charge >= 0.3 is 0 Å². The summed E-state index contributed by atoms with van der Waals surface area (Å²) in [5.74, 6) is 1.42. The van der Waals surface area contributed by atoms with Crippen molar-refractivity contribution in [2.45, 2.75) is 53.0 Å². The first-order chi connectivity index (χ1) is 9.42. The average molecular weight is 277 g/mol. The summed E-state index contributed by atoms with van der Waals surface area (Å²) in [5.41, 5.74) is 1.51. The zero-order valence-corrected chi connectivity index (χ0v) is 13.3. The highest BCUT2D eigenvalue weighted by Gasteiger charge is 2.11. The molecule has 0 saturated heterocycles. The summed E-state index contributed by atoms with van der Waals surface area (Å²) in [5, 5.41) is 6.03. The summed E-state index contributed by atoms with van der Waals surface area (Å²) in [7, 11) is 1.80. The molecule has 4 nitrogen and oxygen atoms in total. The van der Waals surface area contributed by atoms with E-state index in [-0.39, 0.29) is 11.9 Å². The molecule has 0 aliphatic carbocycles. The maximum absolute atomic E-state index is 12.2. The molecule has 20 heavy (non-hydrogen) atoms. The summed E-state index contributed by atoms with van der Waals surface area (Å²) in [6, 6.07) is 3.80. The number of nitrogens with zero attached hydrogens (tertiary/aromatic N) is 1. The summed E-state index contributed by atoms with van der Waals surface area (Å²) >= 11 is 0. The van der Waals surface area contributed by atoms with Crippen molar-refractivity contribution in [2.75, 3.05) is 12.4 Å². The van der Waals surface area contributed by atoms with Gasteiger partial charge in [0.1, 0.15) is 5.82 Å². The van der Waals surface area contributed by atoms with Gasteiger partial charge in [0, 0.05) is 24.3 Å². The fourth-order valence-corrected chi connectivity index (χ4v) is 2.14. The zero-order valence-electron chi connectivity index (χ0n) is 13.3. The summed E-state index contributed by atoms with van der Waals surface area (Å²) < 4.78 is 0. The summed E-state index contributed by atoms with van der Waals surface area (Å²) in [6.45, 7) is 8.40. The van der Waals surface area contributed by atoms with E-state index in [1.165, 1.54) is 6.42 Å². The molecule has 1 atom stereocenters. The van der Waals surface area contributed by atoms with Crippen molar-refractivity contribution in [1.82, 2.24) is 10.3 Å². The van der Waals surface area contributed by atoms with Crippen LogP contribution in [-0.2, 0) is 0 Å². The predicted molar refractivity (Wildman–Crippen MR) is 84.1 cm³/mol. The third-order valence-corrected chi connectivity index (χ3v) is 3.27. The van der Waals surface area contributed by atoms with Crippen LogP contribution >= 0.6 is 0 Å². The maximum Gasteiger partial charge on any atom is 0.251 e. The normalized spacial score (nSPS) is 12.3. The van der Waals surface area contributed by atoms with Gasteiger partial charge in [0.05, 0.1) is 0 Å². The lowest BCUT2D eigenvalue weighted by atomic mass is 10.0. The van der Waals surface area contributed by atoms with Crippen molar-refractivity contribution in [3.8, 4) is 0 Å². The second-order valence-electron chi connectivity index (χ2n) is 5.83.